The summed E-state index contributed by atoms with van der Waals surface area (Å²) in [6, 6.07) is 22.3. The molecule has 1 heterocycles. The molecule has 4 aromatic carbocycles. The van der Waals surface area contributed by atoms with Gasteiger partial charge in [-0.2, -0.15) is 13.2 Å². The number of sulfonamides is 1. The number of ether oxygens (including phenoxy) is 1. The number of nitrogens with one attached hydrogen (secondary N) is 1. The molecule has 18 heteroatoms. The molecule has 1 aromatic heterocycles. The Hall–Kier alpha value is -4.48. The number of hydrogen-bond acceptors (Lipinski definition) is 9. The summed E-state index contributed by atoms with van der Waals surface area (Å²) in [5.74, 6) is -0.791. The number of fused-ring (bicyclic) bond motifs is 1. The summed E-state index contributed by atoms with van der Waals surface area (Å²) in [7, 11) is -11.2. The number of sulfone groups is 1. The number of anilines is 1. The Morgan fingerprint density at radius 1 is 0.906 bits per heavy atom. The third kappa shape index (κ3) is 9.01. The Kier molecular flexibility index (Phi) is 11.6. The van der Waals surface area contributed by atoms with E-state index in [-0.39, 0.29) is 18.2 Å². The first kappa shape index (κ1) is 39.7. The van der Waals surface area contributed by atoms with E-state index in [9.17, 15) is 39.6 Å². The second-order valence-electron chi connectivity index (χ2n) is 12.1. The zero-order chi connectivity index (χ0) is 38.9. The molecule has 5 rings (SSSR count). The van der Waals surface area contributed by atoms with Crippen LogP contribution in [0.25, 0.3) is 33.2 Å². The van der Waals surface area contributed by atoms with E-state index >= 15 is 0 Å². The van der Waals surface area contributed by atoms with Gasteiger partial charge in [-0.25, -0.2) is 26.5 Å². The first-order valence-electron chi connectivity index (χ1n) is 15.6. The van der Waals surface area contributed by atoms with E-state index in [4.69, 9.17) is 32.5 Å². The van der Waals surface area contributed by atoms with Crippen LogP contribution in [-0.2, 0) is 36.1 Å². The average molecular weight is 813 g/mol. The molecule has 0 unspecified atom stereocenters. The Morgan fingerprint density at radius 2 is 1.53 bits per heavy atom. The molecule has 0 radical (unpaired) electrons. The van der Waals surface area contributed by atoms with Crippen LogP contribution in [0.3, 0.4) is 0 Å². The number of alkyl halides is 3. The number of hydrogen-bond donors (Lipinski definition) is 1. The van der Waals surface area contributed by atoms with Gasteiger partial charge in [0.05, 0.1) is 27.8 Å². The second kappa shape index (κ2) is 15.5. The molecule has 0 fully saturated rings. The summed E-state index contributed by atoms with van der Waals surface area (Å²) >= 11 is 12.9. The maximum atomic E-state index is 12.9. The number of imide groups is 1. The van der Waals surface area contributed by atoms with Gasteiger partial charge >= 0.3 is 5.51 Å². The summed E-state index contributed by atoms with van der Waals surface area (Å²) in [6.45, 7) is 3.90. The van der Waals surface area contributed by atoms with Crippen molar-refractivity contribution >= 4 is 71.3 Å². The number of benzene rings is 4. The van der Waals surface area contributed by atoms with Crippen LogP contribution in [0, 0.1) is 0 Å². The van der Waals surface area contributed by atoms with Crippen LogP contribution in [0.5, 0.6) is 5.75 Å². The van der Waals surface area contributed by atoms with Crippen molar-refractivity contribution in [2.45, 2.75) is 38.8 Å². The molecule has 0 bridgehead atoms. The van der Waals surface area contributed by atoms with Crippen LogP contribution in [0.4, 0.5) is 18.9 Å². The Labute approximate surface area is 312 Å². The summed E-state index contributed by atoms with van der Waals surface area (Å²) in [6.07, 6.45) is 0. The lowest BCUT2D eigenvalue weighted by molar-refractivity contribution is -0.124. The van der Waals surface area contributed by atoms with Gasteiger partial charge < -0.3 is 9.26 Å². The van der Waals surface area contributed by atoms with E-state index < -0.39 is 48.8 Å². The fourth-order valence-corrected chi connectivity index (χ4v) is 8.80. The van der Waals surface area contributed by atoms with Crippen molar-refractivity contribution in [1.82, 2.24) is 9.88 Å². The van der Waals surface area contributed by atoms with Crippen LogP contribution >= 0.6 is 23.2 Å². The molecule has 0 aliphatic rings. The zero-order valence-corrected chi connectivity index (χ0v) is 31.2. The Morgan fingerprint density at radius 3 is 2.17 bits per heavy atom. The lowest BCUT2D eigenvalue weighted by atomic mass is 10.0. The third-order valence-corrected chi connectivity index (χ3v) is 12.2. The van der Waals surface area contributed by atoms with Gasteiger partial charge in [0.2, 0.25) is 21.8 Å². The van der Waals surface area contributed by atoms with Crippen molar-refractivity contribution in [3.63, 3.8) is 0 Å². The topological polar surface area (TPSA) is 153 Å². The van der Waals surface area contributed by atoms with Gasteiger partial charge in [0.25, 0.3) is 9.84 Å². The third-order valence-electron chi connectivity index (χ3n) is 7.85. The first-order valence-corrected chi connectivity index (χ1v) is 19.6. The maximum Gasteiger partial charge on any atom is 0.498 e. The monoisotopic (exact) mass is 811 g/mol. The Bertz CT molecular complexity index is 2420. The van der Waals surface area contributed by atoms with E-state index in [1.807, 2.05) is 38.1 Å². The number of carbonyl (C=O) groups is 2. The van der Waals surface area contributed by atoms with Crippen molar-refractivity contribution in [2.75, 3.05) is 16.5 Å². The van der Waals surface area contributed by atoms with Crippen LogP contribution in [0.2, 0.25) is 10.0 Å². The molecule has 0 atom stereocenters. The zero-order valence-electron chi connectivity index (χ0n) is 28.1. The number of aromatic nitrogens is 1. The van der Waals surface area contributed by atoms with Crippen molar-refractivity contribution in [1.29, 1.82) is 0 Å². The second-order valence-corrected chi connectivity index (χ2v) is 17.0. The minimum Gasteiger partial charge on any atom is -0.489 e. The molecule has 280 valence electrons. The molecule has 5 aromatic rings. The van der Waals surface area contributed by atoms with Gasteiger partial charge in [0.15, 0.2) is 5.08 Å². The summed E-state index contributed by atoms with van der Waals surface area (Å²) in [5.41, 5.74) is -2.79. The van der Waals surface area contributed by atoms with Gasteiger partial charge in [-0.1, -0.05) is 78.6 Å². The number of halogens is 5. The predicted molar refractivity (Wildman–Crippen MR) is 195 cm³/mol. The number of amides is 2. The number of rotatable bonds is 12. The molecule has 1 N–H and O–H groups in total. The molecule has 0 spiro atoms. The van der Waals surface area contributed by atoms with E-state index in [1.165, 1.54) is 16.9 Å². The van der Waals surface area contributed by atoms with Gasteiger partial charge in [-0.05, 0) is 64.4 Å². The number of nitrogens with zero attached hydrogens (tertiary/aromatic N) is 2. The first-order chi connectivity index (χ1) is 24.8. The lowest BCUT2D eigenvalue weighted by Crippen LogP contribution is -2.44. The van der Waals surface area contributed by atoms with Crippen LogP contribution in [-0.4, -0.2) is 50.9 Å². The van der Waals surface area contributed by atoms with Crippen LogP contribution in [0.15, 0.2) is 83.4 Å². The van der Waals surface area contributed by atoms with Crippen molar-refractivity contribution in [3.05, 3.63) is 100 Å². The quantitative estimate of drug-likeness (QED) is 0.133. The van der Waals surface area contributed by atoms with Gasteiger partial charge in [0, 0.05) is 18.4 Å². The van der Waals surface area contributed by atoms with E-state index in [2.05, 4.69) is 5.16 Å². The smallest absolute Gasteiger partial charge is 0.489 e. The van der Waals surface area contributed by atoms with Crippen LogP contribution < -0.4 is 14.4 Å². The van der Waals surface area contributed by atoms with Gasteiger partial charge in [-0.15, -0.1) is 0 Å². The molecule has 53 heavy (non-hydrogen) atoms. The Balaban J connectivity index is 1.34. The number of carbonyl (C=O) groups excluding carboxylic acids is 2. The molecule has 0 saturated heterocycles. The largest absolute Gasteiger partial charge is 0.498 e. The van der Waals surface area contributed by atoms with E-state index in [1.54, 1.807) is 42.5 Å². The molecule has 0 aliphatic carbocycles. The lowest BCUT2D eigenvalue weighted by Gasteiger charge is -2.20. The standard InChI is InChI=1S/C35H30Cl2F3N3O8S2/c1-20(2)34-28(33(42-51-34)32-29(36)8-5-9-30(32)37)18-50-27-13-12-24-14-23(10-11-25(24)16-27)22-6-4-7-26(15-22)43(21(3)44)31(45)17-41-53(48,49)19-52(46,47)35(38,39)40/h4-16,20,41H,17-19H2,1-3H3. The molecule has 0 saturated carbocycles. The summed E-state index contributed by atoms with van der Waals surface area (Å²) in [5, 5.41) is 4.42. The van der Waals surface area contributed by atoms with E-state index in [0.717, 1.165) is 17.7 Å². The minimum absolute atomic E-state index is 0.00382. The molecular weight excluding hydrogens is 782 g/mol. The molecular formula is C35H30Cl2F3N3O8S2. The van der Waals surface area contributed by atoms with Crippen LogP contribution in [0.1, 0.15) is 38.0 Å². The van der Waals surface area contributed by atoms with Gasteiger partial charge in [-0.3, -0.25) is 9.59 Å². The molecule has 2 amide bonds. The summed E-state index contributed by atoms with van der Waals surface area (Å²) in [4.78, 5) is 26.0. The van der Waals surface area contributed by atoms with Gasteiger partial charge in [0.1, 0.15) is 23.8 Å². The van der Waals surface area contributed by atoms with Crippen molar-refractivity contribution in [2.24, 2.45) is 0 Å². The minimum atomic E-state index is -6.04. The highest BCUT2D eigenvalue weighted by Gasteiger charge is 2.48. The predicted octanol–water partition coefficient (Wildman–Crippen LogP) is 7.86. The fraction of sp³-hybridized carbons (Fsp3) is 0.229. The summed E-state index contributed by atoms with van der Waals surface area (Å²) < 4.78 is 98.1. The average Bonchev–Trinajstić information content (AvgIpc) is 3.49. The maximum absolute atomic E-state index is 12.9. The fourth-order valence-electron chi connectivity index (χ4n) is 5.37. The molecule has 11 nitrogen and oxygen atoms in total. The SMILES string of the molecule is CC(=O)N(C(=O)CNS(=O)(=O)CS(=O)(=O)C(F)(F)F)c1cccc(-c2ccc3cc(OCc4c(-c5c(Cl)cccc5Cl)noc4C(C)C)ccc3c2)c1. The van der Waals surface area contributed by atoms with Crippen molar-refractivity contribution in [3.8, 4) is 28.1 Å². The highest BCUT2D eigenvalue weighted by atomic mass is 35.5. The highest BCUT2D eigenvalue weighted by Crippen LogP contribution is 2.39. The molecule has 0 aliphatic heterocycles. The van der Waals surface area contributed by atoms with Crippen molar-refractivity contribution < 1.29 is 48.9 Å². The highest BCUT2D eigenvalue weighted by molar-refractivity contribution is 8.07. The van der Waals surface area contributed by atoms with E-state index in [0.29, 0.717) is 54.4 Å². The normalized spacial score (nSPS) is 12.3.